The van der Waals surface area contributed by atoms with Crippen LogP contribution >= 0.6 is 34.8 Å². The third-order valence-corrected chi connectivity index (χ3v) is 6.74. The molecule has 0 aliphatic heterocycles. The molecule has 0 saturated heterocycles. The minimum absolute atomic E-state index is 0.00254. The van der Waals surface area contributed by atoms with Crippen molar-refractivity contribution in [3.05, 3.63) is 62.8 Å². The summed E-state index contributed by atoms with van der Waals surface area (Å²) in [4.78, 5) is 12.2. The van der Waals surface area contributed by atoms with E-state index in [1.54, 1.807) is 18.2 Å². The van der Waals surface area contributed by atoms with Crippen LogP contribution in [0, 0.1) is 5.82 Å². The van der Waals surface area contributed by atoms with E-state index in [1.165, 1.54) is 12.1 Å². The molecule has 0 heterocycles. The number of ether oxygens (including phenoxy) is 1. The van der Waals surface area contributed by atoms with Crippen molar-refractivity contribution in [2.24, 2.45) is 0 Å². The highest BCUT2D eigenvalue weighted by atomic mass is 35.5. The predicted molar refractivity (Wildman–Crippen MR) is 114 cm³/mol. The van der Waals surface area contributed by atoms with Crippen molar-refractivity contribution in [3.8, 4) is 5.75 Å². The first-order valence-corrected chi connectivity index (χ1v) is 10.6. The lowest BCUT2D eigenvalue weighted by molar-refractivity contribution is -0.144. The lowest BCUT2D eigenvalue weighted by atomic mass is 9.44. The normalized spacial score (nSPS) is 25.1. The van der Waals surface area contributed by atoms with E-state index in [1.807, 2.05) is 0 Å². The monoisotopic (exact) mass is 472 g/mol. The molecule has 2 aromatic carbocycles. The summed E-state index contributed by atoms with van der Waals surface area (Å²) in [5.74, 6) is -0.598. The SMILES string of the molecule is O=C(COc1ccc(Cl)c(F)c1)NC12CC(NC[C@@H](O)c3ccc(Cl)c(Cl)c3)(C1)C2. The summed E-state index contributed by atoms with van der Waals surface area (Å²) < 4.78 is 18.7. The van der Waals surface area contributed by atoms with E-state index in [0.717, 1.165) is 25.3 Å². The van der Waals surface area contributed by atoms with Gasteiger partial charge >= 0.3 is 0 Å². The summed E-state index contributed by atoms with van der Waals surface area (Å²) in [7, 11) is 0. The van der Waals surface area contributed by atoms with Gasteiger partial charge in [-0.15, -0.1) is 0 Å². The number of aliphatic hydroxyl groups excluding tert-OH is 1. The smallest absolute Gasteiger partial charge is 0.258 e. The van der Waals surface area contributed by atoms with E-state index < -0.39 is 11.9 Å². The molecule has 2 aromatic rings. The fourth-order valence-electron chi connectivity index (χ4n) is 4.31. The van der Waals surface area contributed by atoms with E-state index in [-0.39, 0.29) is 34.4 Å². The van der Waals surface area contributed by atoms with Gasteiger partial charge in [0.05, 0.1) is 21.2 Å². The van der Waals surface area contributed by atoms with Gasteiger partial charge in [0.15, 0.2) is 6.61 Å². The maximum atomic E-state index is 13.4. The van der Waals surface area contributed by atoms with Crippen molar-refractivity contribution >= 4 is 40.7 Å². The van der Waals surface area contributed by atoms with Crippen molar-refractivity contribution < 1.29 is 19.0 Å². The number of carbonyl (C=O) groups is 1. The second-order valence-electron chi connectivity index (χ2n) is 8.07. The molecule has 3 fully saturated rings. The molecule has 3 saturated carbocycles. The number of carbonyl (C=O) groups excluding carboxylic acids is 1. The van der Waals surface area contributed by atoms with Crippen LogP contribution in [-0.4, -0.2) is 35.2 Å². The topological polar surface area (TPSA) is 70.6 Å². The molecule has 30 heavy (non-hydrogen) atoms. The Labute approximate surface area is 188 Å². The van der Waals surface area contributed by atoms with Gasteiger partial charge in [0.2, 0.25) is 0 Å². The highest BCUT2D eigenvalue weighted by Crippen LogP contribution is 2.60. The van der Waals surface area contributed by atoms with Gasteiger partial charge in [-0.2, -0.15) is 0 Å². The first-order valence-electron chi connectivity index (χ1n) is 9.46. The molecule has 0 spiro atoms. The van der Waals surface area contributed by atoms with E-state index in [4.69, 9.17) is 39.5 Å². The fourth-order valence-corrected chi connectivity index (χ4v) is 4.73. The predicted octanol–water partition coefficient (Wildman–Crippen LogP) is 4.28. The third-order valence-electron chi connectivity index (χ3n) is 5.69. The molecular weight excluding hydrogens is 454 g/mol. The molecule has 3 N–H and O–H groups in total. The number of β-amino-alcohol motifs (C(OH)–C–C–N with tert-alkyl or cyclic N) is 1. The largest absolute Gasteiger partial charge is 0.484 e. The number of halogens is 4. The lowest BCUT2D eigenvalue weighted by Gasteiger charge is -2.70. The van der Waals surface area contributed by atoms with Crippen LogP contribution in [-0.2, 0) is 4.79 Å². The molecule has 5 nitrogen and oxygen atoms in total. The Kier molecular flexibility index (Phi) is 5.90. The van der Waals surface area contributed by atoms with Gasteiger partial charge in [-0.3, -0.25) is 4.79 Å². The Morgan fingerprint density at radius 1 is 1.07 bits per heavy atom. The lowest BCUT2D eigenvalue weighted by Crippen LogP contribution is -2.83. The Bertz CT molecular complexity index is 968. The Morgan fingerprint density at radius 3 is 2.43 bits per heavy atom. The van der Waals surface area contributed by atoms with Gasteiger partial charge in [0.1, 0.15) is 11.6 Å². The minimum atomic E-state index is -0.701. The van der Waals surface area contributed by atoms with Crippen LogP contribution in [0.4, 0.5) is 4.39 Å². The number of hydrogen-bond donors (Lipinski definition) is 3. The molecule has 3 aliphatic carbocycles. The minimum Gasteiger partial charge on any atom is -0.484 e. The van der Waals surface area contributed by atoms with Crippen LogP contribution in [0.2, 0.25) is 15.1 Å². The summed E-state index contributed by atoms with van der Waals surface area (Å²) in [5, 5.41) is 17.6. The molecule has 0 aromatic heterocycles. The Balaban J connectivity index is 1.20. The van der Waals surface area contributed by atoms with Crippen molar-refractivity contribution in [3.63, 3.8) is 0 Å². The van der Waals surface area contributed by atoms with Gasteiger partial charge in [-0.05, 0) is 49.1 Å². The fraction of sp³-hybridized carbons (Fsp3) is 0.381. The summed E-state index contributed by atoms with van der Waals surface area (Å²) in [6.45, 7) is 0.187. The van der Waals surface area contributed by atoms with Gasteiger partial charge in [0, 0.05) is 23.7 Å². The number of amides is 1. The van der Waals surface area contributed by atoms with E-state index >= 15 is 0 Å². The molecule has 1 amide bonds. The summed E-state index contributed by atoms with van der Waals surface area (Å²) in [6.07, 6.45) is 1.66. The summed E-state index contributed by atoms with van der Waals surface area (Å²) in [6, 6.07) is 9.11. The zero-order valence-electron chi connectivity index (χ0n) is 15.9. The van der Waals surface area contributed by atoms with Gasteiger partial charge in [-0.25, -0.2) is 4.39 Å². The highest BCUT2D eigenvalue weighted by Gasteiger charge is 2.68. The van der Waals surface area contributed by atoms with Crippen LogP contribution in [0.3, 0.4) is 0 Å². The average Bonchev–Trinajstić information content (AvgIpc) is 2.65. The third kappa shape index (κ3) is 4.39. The number of nitrogens with one attached hydrogen (secondary N) is 2. The van der Waals surface area contributed by atoms with Crippen LogP contribution in [0.15, 0.2) is 36.4 Å². The summed E-state index contributed by atoms with van der Waals surface area (Å²) in [5.41, 5.74) is 0.403. The summed E-state index contributed by atoms with van der Waals surface area (Å²) >= 11 is 17.5. The van der Waals surface area contributed by atoms with Gasteiger partial charge in [0.25, 0.3) is 5.91 Å². The molecule has 160 valence electrons. The molecular formula is C21H20Cl3FN2O3. The first-order chi connectivity index (χ1) is 14.2. The zero-order chi connectivity index (χ0) is 21.5. The number of aliphatic hydroxyl groups is 1. The van der Waals surface area contributed by atoms with Crippen LogP contribution in [0.5, 0.6) is 5.75 Å². The van der Waals surface area contributed by atoms with Crippen LogP contribution in [0.1, 0.15) is 30.9 Å². The van der Waals surface area contributed by atoms with Crippen molar-refractivity contribution in [1.82, 2.24) is 10.6 Å². The molecule has 0 radical (unpaired) electrons. The number of benzene rings is 2. The highest BCUT2D eigenvalue weighted by molar-refractivity contribution is 6.42. The Hall–Kier alpha value is -1.57. The maximum Gasteiger partial charge on any atom is 0.258 e. The van der Waals surface area contributed by atoms with Gasteiger partial charge in [-0.1, -0.05) is 40.9 Å². The molecule has 9 heteroatoms. The van der Waals surface area contributed by atoms with Crippen molar-refractivity contribution in [2.45, 2.75) is 36.4 Å². The van der Waals surface area contributed by atoms with E-state index in [2.05, 4.69) is 10.6 Å². The molecule has 1 atom stereocenters. The standard InChI is InChI=1S/C21H20Cl3FN2O3/c22-14-3-1-12(5-16(14)24)18(28)7-26-20-9-21(10-20,11-20)27-19(29)8-30-13-2-4-15(23)17(25)6-13/h1-6,18,26,28H,7-11H2,(H,27,29)/t18-,20?,21?/m1/s1. The molecule has 5 rings (SSSR count). The maximum absolute atomic E-state index is 13.4. The average molecular weight is 474 g/mol. The quantitative estimate of drug-likeness (QED) is 0.535. The first kappa shape index (κ1) is 21.7. The zero-order valence-corrected chi connectivity index (χ0v) is 18.1. The molecule has 2 bridgehead atoms. The van der Waals surface area contributed by atoms with Crippen LogP contribution < -0.4 is 15.4 Å². The van der Waals surface area contributed by atoms with E-state index in [0.29, 0.717) is 22.2 Å². The molecule has 0 unspecified atom stereocenters. The second-order valence-corrected chi connectivity index (χ2v) is 9.30. The Morgan fingerprint density at radius 2 is 1.77 bits per heavy atom. The van der Waals surface area contributed by atoms with Crippen LogP contribution in [0.25, 0.3) is 0 Å². The van der Waals surface area contributed by atoms with Gasteiger partial charge < -0.3 is 20.5 Å². The molecule has 3 aliphatic rings. The number of hydrogen-bond acceptors (Lipinski definition) is 4. The van der Waals surface area contributed by atoms with Crippen molar-refractivity contribution in [2.75, 3.05) is 13.2 Å². The van der Waals surface area contributed by atoms with Crippen molar-refractivity contribution in [1.29, 1.82) is 0 Å². The number of rotatable bonds is 8. The second kappa shape index (κ2) is 8.17. The van der Waals surface area contributed by atoms with E-state index in [9.17, 15) is 14.3 Å².